The van der Waals surface area contributed by atoms with Crippen molar-refractivity contribution in [1.82, 2.24) is 0 Å². The van der Waals surface area contributed by atoms with Crippen LogP contribution in [0.4, 0.5) is 0 Å². The van der Waals surface area contributed by atoms with E-state index in [4.69, 9.17) is 37.0 Å². The van der Waals surface area contributed by atoms with Crippen LogP contribution in [0.25, 0.3) is 0 Å². The summed E-state index contributed by atoms with van der Waals surface area (Å²) in [6.45, 7) is 14.0. The van der Waals surface area contributed by atoms with Crippen LogP contribution in [0.3, 0.4) is 0 Å². The number of carbonyl (C=O) groups excluding carboxylic acids is 4. The molecule has 516 valence electrons. The number of carbonyl (C=O) groups is 4. The second kappa shape index (κ2) is 57.9. The zero-order valence-electron chi connectivity index (χ0n) is 56.6. The van der Waals surface area contributed by atoms with Gasteiger partial charge in [-0.2, -0.15) is 0 Å². The van der Waals surface area contributed by atoms with Crippen molar-refractivity contribution in [3.05, 3.63) is 0 Å². The van der Waals surface area contributed by atoms with Gasteiger partial charge in [0.1, 0.15) is 19.3 Å². The standard InChI is InChI=1S/C68H132O17P2/c1-9-61(8)47-39-31-22-16-13-14-18-24-34-42-50-67(72)84-63(54-78-65(70)48-40-32-23-17-12-10-11-15-20-28-36-44-58(2)3)56-82-86(74,75)80-52-62(69)53-81-87(76,77)83-57-64(85-68(73)51-43-35-27-26-30-38-46-60(6)7)55-79-66(71)49-41-33-25-19-21-29-37-45-59(4)5/h58-64,69H,9-57H2,1-8H3,(H,74,75)(H,76,77)/t61?,62?,63-,64-/m1/s1. The van der Waals surface area contributed by atoms with Crippen molar-refractivity contribution in [3.8, 4) is 0 Å². The molecule has 6 atom stereocenters. The van der Waals surface area contributed by atoms with Gasteiger partial charge in [0.15, 0.2) is 12.2 Å². The average Bonchev–Trinajstić information content (AvgIpc) is 3.67. The minimum Gasteiger partial charge on any atom is -0.462 e. The molecule has 0 aliphatic carbocycles. The number of aliphatic hydroxyl groups is 1. The fourth-order valence-corrected chi connectivity index (χ4v) is 11.7. The Morgan fingerprint density at radius 3 is 0.816 bits per heavy atom. The van der Waals surface area contributed by atoms with Crippen LogP contribution in [-0.4, -0.2) is 96.7 Å². The molecule has 19 heteroatoms. The Kier molecular flexibility index (Phi) is 56.6. The second-order valence-corrected chi connectivity index (χ2v) is 29.1. The molecule has 0 amide bonds. The van der Waals surface area contributed by atoms with Crippen LogP contribution in [0.5, 0.6) is 0 Å². The van der Waals surface area contributed by atoms with Gasteiger partial charge < -0.3 is 33.8 Å². The normalized spacial score (nSPS) is 14.6. The predicted octanol–water partition coefficient (Wildman–Crippen LogP) is 18.9. The van der Waals surface area contributed by atoms with Crippen molar-refractivity contribution in [2.45, 2.75) is 350 Å². The van der Waals surface area contributed by atoms with Crippen molar-refractivity contribution in [3.63, 3.8) is 0 Å². The summed E-state index contributed by atoms with van der Waals surface area (Å²) in [5.74, 6) is 0.812. The Bertz CT molecular complexity index is 1730. The highest BCUT2D eigenvalue weighted by Gasteiger charge is 2.30. The Morgan fingerprint density at radius 2 is 0.552 bits per heavy atom. The maximum Gasteiger partial charge on any atom is 0.472 e. The molecule has 0 fully saturated rings. The average molecular weight is 1280 g/mol. The predicted molar refractivity (Wildman–Crippen MR) is 349 cm³/mol. The first kappa shape index (κ1) is 85.1. The van der Waals surface area contributed by atoms with Crippen LogP contribution in [0, 0.1) is 23.7 Å². The molecule has 0 aromatic carbocycles. The quantitative estimate of drug-likeness (QED) is 0.0222. The highest BCUT2D eigenvalue weighted by atomic mass is 31.2. The third-order valence-corrected chi connectivity index (χ3v) is 17.8. The molecule has 0 aromatic rings. The van der Waals surface area contributed by atoms with E-state index in [9.17, 15) is 43.2 Å². The minimum absolute atomic E-state index is 0.101. The SMILES string of the molecule is CCC(C)CCCCCCCCCCCCC(=O)O[C@H](COC(=O)CCCCCCCCCCCCCC(C)C)COP(=O)(O)OCC(O)COP(=O)(O)OC[C@@H](COC(=O)CCCCCCCCCC(C)C)OC(=O)CCCCCCCCC(C)C. The van der Waals surface area contributed by atoms with E-state index in [1.807, 2.05) is 0 Å². The fourth-order valence-electron chi connectivity index (χ4n) is 10.1. The molecule has 0 bridgehead atoms. The number of hydrogen-bond donors (Lipinski definition) is 3. The summed E-state index contributed by atoms with van der Waals surface area (Å²) < 4.78 is 68.1. The van der Waals surface area contributed by atoms with Gasteiger partial charge in [-0.1, -0.05) is 280 Å². The van der Waals surface area contributed by atoms with Gasteiger partial charge in [0.05, 0.1) is 26.4 Å². The largest absolute Gasteiger partial charge is 0.472 e. The molecule has 0 aromatic heterocycles. The number of phosphoric acid groups is 2. The Labute approximate surface area is 530 Å². The molecule has 0 spiro atoms. The fraction of sp³-hybridized carbons (Fsp3) is 0.941. The van der Waals surface area contributed by atoms with E-state index >= 15 is 0 Å². The van der Waals surface area contributed by atoms with Crippen molar-refractivity contribution >= 4 is 39.5 Å². The summed E-state index contributed by atoms with van der Waals surface area (Å²) in [4.78, 5) is 72.4. The van der Waals surface area contributed by atoms with Gasteiger partial charge >= 0.3 is 39.5 Å². The van der Waals surface area contributed by atoms with E-state index in [1.54, 1.807) is 0 Å². The smallest absolute Gasteiger partial charge is 0.462 e. The number of phosphoric ester groups is 2. The topological polar surface area (TPSA) is 237 Å². The van der Waals surface area contributed by atoms with E-state index in [-0.39, 0.29) is 25.7 Å². The van der Waals surface area contributed by atoms with E-state index in [1.165, 1.54) is 128 Å². The zero-order chi connectivity index (χ0) is 64.7. The highest BCUT2D eigenvalue weighted by molar-refractivity contribution is 7.47. The Hall–Kier alpha value is -1.94. The summed E-state index contributed by atoms with van der Waals surface area (Å²) in [6, 6.07) is 0. The molecule has 0 aliphatic rings. The van der Waals surface area contributed by atoms with Gasteiger partial charge in [0.25, 0.3) is 0 Å². The highest BCUT2D eigenvalue weighted by Crippen LogP contribution is 2.45. The van der Waals surface area contributed by atoms with Crippen LogP contribution in [0.2, 0.25) is 0 Å². The number of hydrogen-bond acceptors (Lipinski definition) is 15. The van der Waals surface area contributed by atoms with Gasteiger partial charge in [-0.05, 0) is 49.4 Å². The summed E-state index contributed by atoms with van der Waals surface area (Å²) in [6.07, 6.45) is 39.1. The van der Waals surface area contributed by atoms with E-state index in [2.05, 4.69) is 55.4 Å². The van der Waals surface area contributed by atoms with Crippen molar-refractivity contribution in [1.29, 1.82) is 0 Å². The first-order valence-corrected chi connectivity index (χ1v) is 38.2. The lowest BCUT2D eigenvalue weighted by Crippen LogP contribution is -2.30. The number of aliphatic hydroxyl groups excluding tert-OH is 1. The molecule has 0 radical (unpaired) electrons. The number of ether oxygens (including phenoxy) is 4. The number of unbranched alkanes of at least 4 members (excludes halogenated alkanes) is 30. The lowest BCUT2D eigenvalue weighted by molar-refractivity contribution is -0.161. The zero-order valence-corrected chi connectivity index (χ0v) is 58.4. The van der Waals surface area contributed by atoms with Gasteiger partial charge in [-0.25, -0.2) is 9.13 Å². The summed E-state index contributed by atoms with van der Waals surface area (Å²) in [5, 5.41) is 10.6. The summed E-state index contributed by atoms with van der Waals surface area (Å²) in [5.41, 5.74) is 0. The third kappa shape index (κ3) is 61.3. The third-order valence-electron chi connectivity index (χ3n) is 15.9. The number of esters is 4. The van der Waals surface area contributed by atoms with Crippen LogP contribution < -0.4 is 0 Å². The van der Waals surface area contributed by atoms with Crippen molar-refractivity contribution in [2.24, 2.45) is 23.7 Å². The molecular weight excluding hydrogens is 1150 g/mol. The Balaban J connectivity index is 5.25. The van der Waals surface area contributed by atoms with E-state index in [0.717, 1.165) is 108 Å². The summed E-state index contributed by atoms with van der Waals surface area (Å²) in [7, 11) is -9.90. The second-order valence-electron chi connectivity index (χ2n) is 26.2. The Morgan fingerprint density at radius 1 is 0.322 bits per heavy atom. The molecule has 0 heterocycles. The summed E-state index contributed by atoms with van der Waals surface area (Å²) >= 11 is 0. The van der Waals surface area contributed by atoms with Gasteiger partial charge in [0.2, 0.25) is 0 Å². The first-order chi connectivity index (χ1) is 41.6. The van der Waals surface area contributed by atoms with Crippen molar-refractivity contribution in [2.75, 3.05) is 39.6 Å². The molecule has 87 heavy (non-hydrogen) atoms. The lowest BCUT2D eigenvalue weighted by atomic mass is 9.99. The first-order valence-electron chi connectivity index (χ1n) is 35.2. The lowest BCUT2D eigenvalue weighted by Gasteiger charge is -2.21. The maximum absolute atomic E-state index is 13.0. The van der Waals surface area contributed by atoms with E-state index in [0.29, 0.717) is 37.5 Å². The van der Waals surface area contributed by atoms with Crippen LogP contribution in [-0.2, 0) is 65.4 Å². The minimum atomic E-state index is -4.95. The van der Waals surface area contributed by atoms with Crippen LogP contribution in [0.1, 0.15) is 331 Å². The molecule has 0 saturated carbocycles. The molecule has 0 saturated heterocycles. The molecule has 0 rings (SSSR count). The molecule has 0 aliphatic heterocycles. The van der Waals surface area contributed by atoms with E-state index < -0.39 is 97.5 Å². The van der Waals surface area contributed by atoms with Crippen LogP contribution in [0.15, 0.2) is 0 Å². The van der Waals surface area contributed by atoms with Crippen LogP contribution >= 0.6 is 15.6 Å². The van der Waals surface area contributed by atoms with Gasteiger partial charge in [0, 0.05) is 25.7 Å². The number of rotatable bonds is 65. The van der Waals surface area contributed by atoms with Gasteiger partial charge in [-0.3, -0.25) is 37.3 Å². The molecular formula is C68H132O17P2. The van der Waals surface area contributed by atoms with Crippen molar-refractivity contribution < 1.29 is 80.2 Å². The molecule has 17 nitrogen and oxygen atoms in total. The molecule has 4 unspecified atom stereocenters. The molecule has 3 N–H and O–H groups in total. The van der Waals surface area contributed by atoms with Gasteiger partial charge in [-0.15, -0.1) is 0 Å². The maximum atomic E-state index is 13.0. The monoisotopic (exact) mass is 1280 g/mol.